The molecule has 6 heteroatoms. The molecule has 0 fully saturated rings. The van der Waals surface area contributed by atoms with Gasteiger partial charge in [0.1, 0.15) is 0 Å². The Morgan fingerprint density at radius 2 is 1.84 bits per heavy atom. The van der Waals surface area contributed by atoms with Gasteiger partial charge in [-0.3, -0.25) is 0 Å². The highest BCUT2D eigenvalue weighted by Crippen LogP contribution is 2.32. The molecule has 0 aliphatic rings. The SMILES string of the molecule is CCCc1cc(C(C)C)c(CO)n1Cc1ccc(-c2ccccc2)c(-c2nn[nH]n2)c1. The average Bonchev–Trinajstić information content (AvgIpc) is 3.43. The summed E-state index contributed by atoms with van der Waals surface area (Å²) in [7, 11) is 0. The van der Waals surface area contributed by atoms with Crippen LogP contribution < -0.4 is 0 Å². The molecule has 0 aliphatic heterocycles. The van der Waals surface area contributed by atoms with E-state index in [9.17, 15) is 5.11 Å². The Labute approximate surface area is 183 Å². The number of aromatic amines is 1. The van der Waals surface area contributed by atoms with Crippen molar-refractivity contribution in [3.8, 4) is 22.5 Å². The van der Waals surface area contributed by atoms with Gasteiger partial charge < -0.3 is 9.67 Å². The van der Waals surface area contributed by atoms with E-state index in [-0.39, 0.29) is 6.61 Å². The van der Waals surface area contributed by atoms with Gasteiger partial charge in [0.15, 0.2) is 0 Å². The number of rotatable bonds is 8. The van der Waals surface area contributed by atoms with Crippen molar-refractivity contribution in [1.82, 2.24) is 25.2 Å². The third kappa shape index (κ3) is 4.30. The molecule has 31 heavy (non-hydrogen) atoms. The highest BCUT2D eigenvalue weighted by molar-refractivity contribution is 5.80. The van der Waals surface area contributed by atoms with Gasteiger partial charge in [-0.15, -0.1) is 10.2 Å². The number of aromatic nitrogens is 5. The molecule has 2 N–H and O–H groups in total. The zero-order valence-electron chi connectivity index (χ0n) is 18.3. The number of tetrazole rings is 1. The van der Waals surface area contributed by atoms with Crippen molar-refractivity contribution in [2.45, 2.75) is 52.7 Å². The Morgan fingerprint density at radius 3 is 2.48 bits per heavy atom. The Balaban J connectivity index is 1.79. The summed E-state index contributed by atoms with van der Waals surface area (Å²) in [6.07, 6.45) is 2.05. The second kappa shape index (κ2) is 9.27. The molecular formula is C25H29N5O. The van der Waals surface area contributed by atoms with Crippen LogP contribution in [0.2, 0.25) is 0 Å². The zero-order valence-corrected chi connectivity index (χ0v) is 18.3. The Kier molecular flexibility index (Phi) is 6.28. The second-order valence-corrected chi connectivity index (χ2v) is 8.17. The molecule has 2 heterocycles. The number of hydrogen-bond acceptors (Lipinski definition) is 4. The Bertz CT molecular complexity index is 1130. The summed E-state index contributed by atoms with van der Waals surface area (Å²) >= 11 is 0. The van der Waals surface area contributed by atoms with Gasteiger partial charge in [0, 0.05) is 23.5 Å². The minimum absolute atomic E-state index is 0.0387. The van der Waals surface area contributed by atoms with Crippen molar-refractivity contribution < 1.29 is 5.11 Å². The highest BCUT2D eigenvalue weighted by Gasteiger charge is 2.18. The average molecular weight is 416 g/mol. The molecule has 0 aliphatic carbocycles. The maximum absolute atomic E-state index is 10.2. The van der Waals surface area contributed by atoms with Crippen molar-refractivity contribution in [1.29, 1.82) is 0 Å². The highest BCUT2D eigenvalue weighted by atomic mass is 16.3. The van der Waals surface area contributed by atoms with E-state index in [1.165, 1.54) is 11.3 Å². The van der Waals surface area contributed by atoms with E-state index in [0.717, 1.165) is 40.8 Å². The summed E-state index contributed by atoms with van der Waals surface area (Å²) in [5, 5.41) is 25.0. The molecule has 0 atom stereocenters. The van der Waals surface area contributed by atoms with Gasteiger partial charge in [-0.05, 0) is 51.9 Å². The van der Waals surface area contributed by atoms with Crippen LogP contribution in [0.25, 0.3) is 22.5 Å². The van der Waals surface area contributed by atoms with Crippen molar-refractivity contribution in [3.05, 3.63) is 77.1 Å². The lowest BCUT2D eigenvalue weighted by molar-refractivity contribution is 0.269. The molecule has 0 saturated heterocycles. The Morgan fingerprint density at radius 1 is 1.03 bits per heavy atom. The van der Waals surface area contributed by atoms with Gasteiger partial charge in [0.2, 0.25) is 5.82 Å². The van der Waals surface area contributed by atoms with Gasteiger partial charge in [0.05, 0.1) is 6.61 Å². The predicted octanol–water partition coefficient (Wildman–Crippen LogP) is 4.95. The molecule has 6 nitrogen and oxygen atoms in total. The van der Waals surface area contributed by atoms with Crippen molar-refractivity contribution in [2.75, 3.05) is 0 Å². The summed E-state index contributed by atoms with van der Waals surface area (Å²) in [4.78, 5) is 0. The molecular weight excluding hydrogens is 386 g/mol. The standard InChI is InChI=1S/C25H29N5O/c1-4-8-20-14-22(17(2)3)24(16-31)30(20)15-18-11-12-21(19-9-6-5-7-10-19)23(13-18)25-26-28-29-27-25/h5-7,9-14,17,31H,4,8,15-16H2,1-3H3,(H,26,27,28,29). The topological polar surface area (TPSA) is 79.6 Å². The van der Waals surface area contributed by atoms with E-state index in [1.54, 1.807) is 0 Å². The lowest BCUT2D eigenvalue weighted by atomic mass is 9.97. The van der Waals surface area contributed by atoms with Crippen LogP contribution in [0, 0.1) is 0 Å². The summed E-state index contributed by atoms with van der Waals surface area (Å²) in [5.41, 5.74) is 7.76. The summed E-state index contributed by atoms with van der Waals surface area (Å²) < 4.78 is 2.27. The van der Waals surface area contributed by atoms with E-state index in [0.29, 0.717) is 18.3 Å². The number of aliphatic hydroxyl groups is 1. The van der Waals surface area contributed by atoms with Crippen LogP contribution in [-0.4, -0.2) is 30.3 Å². The van der Waals surface area contributed by atoms with Gasteiger partial charge >= 0.3 is 0 Å². The molecule has 0 saturated carbocycles. The minimum Gasteiger partial charge on any atom is -0.390 e. The first kappa shape index (κ1) is 21.0. The number of nitrogens with one attached hydrogen (secondary N) is 1. The van der Waals surface area contributed by atoms with Crippen LogP contribution in [0.1, 0.15) is 55.6 Å². The maximum atomic E-state index is 10.2. The Hall–Kier alpha value is -3.25. The van der Waals surface area contributed by atoms with E-state index in [2.05, 4.69) is 82.4 Å². The fourth-order valence-corrected chi connectivity index (χ4v) is 4.21. The number of aliphatic hydroxyl groups excluding tert-OH is 1. The van der Waals surface area contributed by atoms with Gasteiger partial charge in [0.25, 0.3) is 0 Å². The largest absolute Gasteiger partial charge is 0.390 e. The molecule has 0 bridgehead atoms. The quantitative estimate of drug-likeness (QED) is 0.427. The first-order valence-electron chi connectivity index (χ1n) is 10.9. The lowest BCUT2D eigenvalue weighted by Crippen LogP contribution is -2.10. The van der Waals surface area contributed by atoms with Crippen molar-refractivity contribution in [2.24, 2.45) is 0 Å². The van der Waals surface area contributed by atoms with Crippen LogP contribution in [0.15, 0.2) is 54.6 Å². The predicted molar refractivity (Wildman–Crippen MR) is 123 cm³/mol. The van der Waals surface area contributed by atoms with Crippen molar-refractivity contribution in [3.63, 3.8) is 0 Å². The number of benzene rings is 2. The smallest absolute Gasteiger partial charge is 0.205 e. The summed E-state index contributed by atoms with van der Waals surface area (Å²) in [5.74, 6) is 0.946. The molecule has 4 rings (SSSR count). The molecule has 4 aromatic rings. The van der Waals surface area contributed by atoms with Crippen LogP contribution in [0.4, 0.5) is 0 Å². The van der Waals surface area contributed by atoms with E-state index < -0.39 is 0 Å². The summed E-state index contributed by atoms with van der Waals surface area (Å²) in [6, 6.07) is 18.9. The third-order valence-corrected chi connectivity index (χ3v) is 5.70. The fourth-order valence-electron chi connectivity index (χ4n) is 4.21. The molecule has 0 amide bonds. The monoisotopic (exact) mass is 415 g/mol. The first-order chi connectivity index (χ1) is 15.1. The molecule has 2 aromatic carbocycles. The first-order valence-corrected chi connectivity index (χ1v) is 10.9. The van der Waals surface area contributed by atoms with Crippen LogP contribution in [0.3, 0.4) is 0 Å². The minimum atomic E-state index is 0.0387. The molecule has 0 radical (unpaired) electrons. The van der Waals surface area contributed by atoms with Crippen LogP contribution in [-0.2, 0) is 19.6 Å². The maximum Gasteiger partial charge on any atom is 0.205 e. The number of nitrogens with zero attached hydrogens (tertiary/aromatic N) is 4. The molecule has 160 valence electrons. The molecule has 0 unspecified atom stereocenters. The lowest BCUT2D eigenvalue weighted by Gasteiger charge is -2.16. The zero-order chi connectivity index (χ0) is 21.8. The number of aryl methyl sites for hydroxylation is 1. The molecule has 0 spiro atoms. The van der Waals surface area contributed by atoms with Crippen molar-refractivity contribution >= 4 is 0 Å². The van der Waals surface area contributed by atoms with E-state index in [1.807, 2.05) is 18.2 Å². The normalized spacial score (nSPS) is 11.4. The fraction of sp³-hybridized carbons (Fsp3) is 0.320. The van der Waals surface area contributed by atoms with Crippen LogP contribution >= 0.6 is 0 Å². The van der Waals surface area contributed by atoms with E-state index in [4.69, 9.17) is 0 Å². The van der Waals surface area contributed by atoms with Crippen LogP contribution in [0.5, 0.6) is 0 Å². The number of H-pyrrole nitrogens is 1. The van der Waals surface area contributed by atoms with Gasteiger partial charge in [-0.2, -0.15) is 5.21 Å². The second-order valence-electron chi connectivity index (χ2n) is 8.17. The van der Waals surface area contributed by atoms with Gasteiger partial charge in [-0.1, -0.05) is 69.7 Å². The summed E-state index contributed by atoms with van der Waals surface area (Å²) in [6.45, 7) is 7.28. The number of hydrogen-bond donors (Lipinski definition) is 2. The van der Waals surface area contributed by atoms with Gasteiger partial charge in [-0.25, -0.2) is 0 Å². The van der Waals surface area contributed by atoms with E-state index >= 15 is 0 Å². The molecule has 2 aromatic heterocycles. The third-order valence-electron chi connectivity index (χ3n) is 5.70.